The zero-order chi connectivity index (χ0) is 55.4. The fourth-order valence-electron chi connectivity index (χ4n) is 10.5. The number of hydrogen-bond donors (Lipinski definition) is 1. The molecule has 9 aromatic carbocycles. The minimum atomic E-state index is -1.10. The maximum atomic E-state index is 11.3. The Hall–Kier alpha value is -9.59. The van der Waals surface area contributed by atoms with Crippen LogP contribution in [-0.4, -0.2) is 65.3 Å². The van der Waals surface area contributed by atoms with Gasteiger partial charge in [-0.1, -0.05) is 194 Å². The topological polar surface area (TPSA) is 116 Å². The number of anilines is 4. The van der Waals surface area contributed by atoms with E-state index in [0.717, 1.165) is 56.1 Å². The predicted octanol–water partition coefficient (Wildman–Crippen LogP) is 14.1. The number of nitrogens with zero attached hydrogens (tertiary/aromatic N) is 6. The number of aromatic nitrogens is 4. The van der Waals surface area contributed by atoms with Crippen molar-refractivity contribution in [2.75, 3.05) is 44.3 Å². The smallest absolute Gasteiger partial charge is 0.234 e. The molecule has 0 bridgehead atoms. The predicted molar refractivity (Wildman–Crippen MR) is 319 cm³/mol. The summed E-state index contributed by atoms with van der Waals surface area (Å²) in [5.74, 6) is 3.06. The minimum absolute atomic E-state index is 0.00654. The Balaban J connectivity index is 1.09. The summed E-state index contributed by atoms with van der Waals surface area (Å²) in [6.07, 6.45) is 0.925. The second-order valence-corrected chi connectivity index (χ2v) is 19.4. The number of ether oxygens (including phenoxy) is 5. The molecular weight excluding hydrogens is 1010 g/mol. The van der Waals surface area contributed by atoms with Gasteiger partial charge >= 0.3 is 0 Å². The number of aliphatic hydroxyl groups excluding tert-OH is 1. The molecule has 1 unspecified atom stereocenters. The summed E-state index contributed by atoms with van der Waals surface area (Å²) in [6.45, 7) is -0.394. The number of fused-ring (bicyclic) bond motifs is 1. The Kier molecular flexibility index (Phi) is 16.5. The molecule has 1 N–H and O–H groups in total. The Morgan fingerprint density at radius 3 is 1.26 bits per heavy atom. The van der Waals surface area contributed by atoms with Crippen LogP contribution in [0.4, 0.5) is 23.1 Å². The van der Waals surface area contributed by atoms with Crippen molar-refractivity contribution in [1.82, 2.24) is 19.5 Å². The van der Waals surface area contributed by atoms with Crippen molar-refractivity contribution in [1.29, 1.82) is 0 Å². The lowest BCUT2D eigenvalue weighted by atomic mass is 9.80. The second-order valence-electron chi connectivity index (χ2n) is 19.4. The van der Waals surface area contributed by atoms with Crippen molar-refractivity contribution in [2.45, 2.75) is 30.5 Å². The van der Waals surface area contributed by atoms with Gasteiger partial charge in [-0.2, -0.15) is 9.97 Å². The van der Waals surface area contributed by atoms with Crippen molar-refractivity contribution in [3.8, 4) is 17.2 Å². The van der Waals surface area contributed by atoms with Gasteiger partial charge in [-0.3, -0.25) is 9.47 Å². The van der Waals surface area contributed by atoms with Crippen molar-refractivity contribution in [3.63, 3.8) is 0 Å². The zero-order valence-electron chi connectivity index (χ0n) is 45.4. The lowest BCUT2D eigenvalue weighted by molar-refractivity contribution is -0.0970. The van der Waals surface area contributed by atoms with Crippen LogP contribution >= 0.6 is 0 Å². The van der Waals surface area contributed by atoms with E-state index >= 15 is 0 Å². The van der Waals surface area contributed by atoms with Crippen LogP contribution in [0.3, 0.4) is 0 Å². The third kappa shape index (κ3) is 11.3. The summed E-state index contributed by atoms with van der Waals surface area (Å²) >= 11 is 0. The van der Waals surface area contributed by atoms with E-state index in [2.05, 4.69) is 131 Å². The van der Waals surface area contributed by atoms with Gasteiger partial charge < -0.3 is 33.7 Å². The van der Waals surface area contributed by atoms with Gasteiger partial charge in [-0.05, 0) is 99.6 Å². The molecule has 12 nitrogen and oxygen atoms in total. The van der Waals surface area contributed by atoms with Crippen LogP contribution < -0.4 is 24.0 Å². The molecule has 12 heteroatoms. The molecular formula is C69H62N6O6. The first kappa shape index (κ1) is 53.4. The number of imidazole rings is 1. The highest BCUT2D eigenvalue weighted by Crippen LogP contribution is 2.46. The third-order valence-corrected chi connectivity index (χ3v) is 14.6. The van der Waals surface area contributed by atoms with E-state index in [-0.39, 0.29) is 19.9 Å². The van der Waals surface area contributed by atoms with Gasteiger partial charge in [0.25, 0.3) is 0 Å². The summed E-state index contributed by atoms with van der Waals surface area (Å²) in [7, 11) is 4.98. The van der Waals surface area contributed by atoms with Crippen LogP contribution in [0.5, 0.6) is 17.2 Å². The zero-order valence-corrected chi connectivity index (χ0v) is 45.4. The fourth-order valence-corrected chi connectivity index (χ4v) is 10.5. The highest BCUT2D eigenvalue weighted by Gasteiger charge is 2.39. The van der Waals surface area contributed by atoms with E-state index in [1.54, 1.807) is 27.7 Å². The van der Waals surface area contributed by atoms with Gasteiger partial charge in [0.05, 0.1) is 53.0 Å². The van der Waals surface area contributed by atoms with Gasteiger partial charge in [-0.25, -0.2) is 4.98 Å². The molecule has 2 aromatic heterocycles. The van der Waals surface area contributed by atoms with Gasteiger partial charge in [0, 0.05) is 11.4 Å². The van der Waals surface area contributed by atoms with Crippen LogP contribution in [0.25, 0.3) is 11.2 Å². The number of aliphatic hydroxyl groups is 1. The van der Waals surface area contributed by atoms with Crippen molar-refractivity contribution < 1.29 is 28.8 Å². The van der Waals surface area contributed by atoms with Gasteiger partial charge in [-0.15, -0.1) is 0 Å². The fraction of sp³-hybridized carbons (Fsp3) is 0.145. The Morgan fingerprint density at radius 1 is 0.457 bits per heavy atom. The van der Waals surface area contributed by atoms with Crippen LogP contribution in [0.2, 0.25) is 0 Å². The lowest BCUT2D eigenvalue weighted by Crippen LogP contribution is -2.37. The molecule has 2 heterocycles. The molecule has 11 aromatic rings. The highest BCUT2D eigenvalue weighted by molar-refractivity contribution is 5.89. The third-order valence-electron chi connectivity index (χ3n) is 14.6. The van der Waals surface area contributed by atoms with Crippen LogP contribution in [0.15, 0.2) is 261 Å². The van der Waals surface area contributed by atoms with Crippen LogP contribution in [-0.2, 0) is 21.8 Å². The Labute approximate surface area is 472 Å². The molecule has 0 fully saturated rings. The van der Waals surface area contributed by atoms with E-state index in [9.17, 15) is 5.11 Å². The molecule has 81 heavy (non-hydrogen) atoms. The summed E-state index contributed by atoms with van der Waals surface area (Å²) in [5.41, 5.74) is 8.34. The first-order valence-corrected chi connectivity index (χ1v) is 26.9. The van der Waals surface area contributed by atoms with Crippen LogP contribution in [0, 0.1) is 0 Å². The summed E-state index contributed by atoms with van der Waals surface area (Å²) < 4.78 is 32.9. The first-order chi connectivity index (χ1) is 40.0. The standard InChI is InChI=1S/C69H62N6O6/c1-77-59-40-34-56(35-41-59)69(54-30-18-8-19-31-54,55-32-20-9-21-33-55)81-47-62(46-76)80-49-73-48-70-63-66(73)71-68(75(58-38-44-61(79-3)45-39-58)65(52-26-14-6-15-27-52)53-28-16-7-17-29-53)72-67(63)74(57-36-42-60(78-2)43-37-57)64(50-22-10-4-11-23-50)51-24-12-5-13-25-51/h4-45,48,62,64-65,76H,46-47,49H2,1-3H3. The lowest BCUT2D eigenvalue weighted by Gasteiger charge is -2.37. The number of rotatable bonds is 23. The number of hydrogen-bond acceptors (Lipinski definition) is 11. The molecule has 0 radical (unpaired) electrons. The van der Waals surface area contributed by atoms with E-state index < -0.39 is 23.8 Å². The molecule has 0 aliphatic rings. The molecule has 0 aliphatic heterocycles. The van der Waals surface area contributed by atoms with E-state index in [1.807, 2.05) is 138 Å². The molecule has 404 valence electrons. The van der Waals surface area contributed by atoms with E-state index in [4.69, 9.17) is 38.6 Å². The first-order valence-electron chi connectivity index (χ1n) is 26.9. The average Bonchev–Trinajstić information content (AvgIpc) is 4.03. The second kappa shape index (κ2) is 25.0. The number of benzene rings is 9. The Bertz CT molecular complexity index is 3590. The Morgan fingerprint density at radius 2 is 0.840 bits per heavy atom. The van der Waals surface area contributed by atoms with Crippen LogP contribution in [0.1, 0.15) is 51.0 Å². The molecule has 0 aliphatic carbocycles. The molecule has 0 amide bonds. The molecule has 0 saturated carbocycles. The summed E-state index contributed by atoms with van der Waals surface area (Å²) in [5, 5.41) is 11.3. The largest absolute Gasteiger partial charge is 0.497 e. The molecule has 0 spiro atoms. The average molecular weight is 1070 g/mol. The number of methoxy groups -OCH3 is 3. The maximum absolute atomic E-state index is 11.3. The highest BCUT2D eigenvalue weighted by atomic mass is 16.6. The van der Waals surface area contributed by atoms with Gasteiger partial charge in [0.1, 0.15) is 35.7 Å². The molecule has 1 atom stereocenters. The van der Waals surface area contributed by atoms with Crippen molar-refractivity contribution >= 4 is 34.3 Å². The van der Waals surface area contributed by atoms with Crippen molar-refractivity contribution in [2.24, 2.45) is 0 Å². The molecule has 11 rings (SSSR count). The summed E-state index contributed by atoms with van der Waals surface area (Å²) in [4.78, 5) is 20.9. The van der Waals surface area contributed by atoms with E-state index in [1.165, 1.54) is 0 Å². The van der Waals surface area contributed by atoms with Gasteiger partial charge in [0.15, 0.2) is 17.0 Å². The quantitative estimate of drug-likeness (QED) is 0.0617. The van der Waals surface area contributed by atoms with Gasteiger partial charge in [0.2, 0.25) is 5.95 Å². The SMILES string of the molecule is COc1ccc(N(c2nc(N(c3ccc(OC)cc3)C(c3ccccc3)c3ccccc3)c3ncn(COC(CO)COC(c4ccccc4)(c4ccccc4)c4ccc(OC)cc4)c3n2)C(c2ccccc2)c2ccccc2)cc1. The summed E-state index contributed by atoms with van der Waals surface area (Å²) in [6, 6.07) is 84.9. The van der Waals surface area contributed by atoms with E-state index in [0.29, 0.717) is 34.4 Å². The molecule has 0 saturated heterocycles. The minimum Gasteiger partial charge on any atom is -0.497 e. The monoisotopic (exact) mass is 1070 g/mol. The normalized spacial score (nSPS) is 11.9. The maximum Gasteiger partial charge on any atom is 0.234 e. The van der Waals surface area contributed by atoms with Crippen molar-refractivity contribution in [3.05, 3.63) is 300 Å².